The minimum Gasteiger partial charge on any atom is -0.283 e. The molecule has 0 aliphatic heterocycles. The lowest BCUT2D eigenvalue weighted by atomic mass is 10.3. The normalized spacial score (nSPS) is 11.7. The Bertz CT molecular complexity index is 1510. The first kappa shape index (κ1) is 22.8. The van der Waals surface area contributed by atoms with Crippen LogP contribution in [-0.2, 0) is 7.05 Å². The number of para-hydroxylation sites is 1. The Morgan fingerprint density at radius 1 is 1.15 bits per heavy atom. The number of hydrazone groups is 1. The molecule has 4 rings (SSSR count). The van der Waals surface area contributed by atoms with Gasteiger partial charge in [0, 0.05) is 7.05 Å². The molecule has 0 fully saturated rings. The quantitative estimate of drug-likeness (QED) is 0.237. The first-order chi connectivity index (χ1) is 16.4. The van der Waals surface area contributed by atoms with Crippen molar-refractivity contribution in [2.45, 2.75) is 13.8 Å². The molecule has 2 heterocycles. The van der Waals surface area contributed by atoms with Gasteiger partial charge in [0.15, 0.2) is 21.4 Å². The van der Waals surface area contributed by atoms with Crippen LogP contribution in [0.25, 0.3) is 5.69 Å². The summed E-state index contributed by atoms with van der Waals surface area (Å²) in [4.78, 5) is 17.3. The fraction of sp³-hybridized carbons (Fsp3) is 0.130. The number of nitrogens with one attached hydrogen (secondary N) is 1. The highest BCUT2D eigenvalue weighted by atomic mass is 32.1. The summed E-state index contributed by atoms with van der Waals surface area (Å²) >= 11 is 1.11. The summed E-state index contributed by atoms with van der Waals surface area (Å²) in [5.74, 6) is -0.422. The zero-order valence-corrected chi connectivity index (χ0v) is 19.3. The molecule has 0 saturated heterocycles. The molecule has 9 nitrogen and oxygen atoms in total. The van der Waals surface area contributed by atoms with Crippen molar-refractivity contribution in [3.63, 3.8) is 0 Å². The standard InChI is InChI=1S/C23H19FN8OS/c1-14-21(34-22(26-14)19(13-25)28-27-17-9-7-8-16(24)12-17)30-29-20-15(2)31(3)32(23(20)33)18-10-5-4-6-11-18/h4-12,27H,1-3H3/b28-19+,30-29?. The van der Waals surface area contributed by atoms with Gasteiger partial charge < -0.3 is 0 Å². The summed E-state index contributed by atoms with van der Waals surface area (Å²) in [6.07, 6.45) is 0. The van der Waals surface area contributed by atoms with Crippen LogP contribution >= 0.6 is 11.3 Å². The van der Waals surface area contributed by atoms with E-state index in [1.165, 1.54) is 22.9 Å². The molecule has 2 aromatic carbocycles. The lowest BCUT2D eigenvalue weighted by Gasteiger charge is -2.07. The maximum Gasteiger partial charge on any atom is 0.299 e. The topological polar surface area (TPSA) is 113 Å². The third-order valence-corrected chi connectivity index (χ3v) is 6.02. The molecule has 170 valence electrons. The van der Waals surface area contributed by atoms with Crippen LogP contribution in [0.3, 0.4) is 0 Å². The number of hydrogen-bond donors (Lipinski definition) is 1. The lowest BCUT2D eigenvalue weighted by molar-refractivity contribution is 0.628. The maximum atomic E-state index is 13.3. The van der Waals surface area contributed by atoms with E-state index in [0.717, 1.165) is 17.0 Å². The van der Waals surface area contributed by atoms with Gasteiger partial charge in [-0.25, -0.2) is 14.1 Å². The molecule has 1 N–H and O–H groups in total. The van der Waals surface area contributed by atoms with Gasteiger partial charge in [0.2, 0.25) is 0 Å². The van der Waals surface area contributed by atoms with Crippen LogP contribution in [0.2, 0.25) is 0 Å². The van der Waals surface area contributed by atoms with Crippen molar-refractivity contribution >= 4 is 33.4 Å². The molecule has 0 amide bonds. The highest BCUT2D eigenvalue weighted by molar-refractivity contribution is 7.17. The van der Waals surface area contributed by atoms with Crippen LogP contribution in [-0.4, -0.2) is 20.1 Å². The van der Waals surface area contributed by atoms with Gasteiger partial charge in [0.05, 0.1) is 22.8 Å². The molecule has 4 aromatic rings. The molecule has 0 saturated carbocycles. The second-order valence-corrected chi connectivity index (χ2v) is 8.19. The van der Waals surface area contributed by atoms with E-state index in [4.69, 9.17) is 0 Å². The van der Waals surface area contributed by atoms with Crippen molar-refractivity contribution in [2.75, 3.05) is 5.43 Å². The number of benzene rings is 2. The second-order valence-electron chi connectivity index (χ2n) is 7.21. The molecule has 0 atom stereocenters. The van der Waals surface area contributed by atoms with Crippen LogP contribution in [0.4, 0.5) is 20.8 Å². The largest absolute Gasteiger partial charge is 0.299 e. The molecule has 2 aromatic heterocycles. The SMILES string of the molecule is Cc1nc(/C(C#N)=N/Nc2cccc(F)c2)sc1N=Nc1c(C)n(C)n(-c2ccccc2)c1=O. The molecule has 0 aliphatic rings. The average molecular weight is 475 g/mol. The predicted molar refractivity (Wildman–Crippen MR) is 129 cm³/mol. The fourth-order valence-corrected chi connectivity index (χ4v) is 3.98. The second kappa shape index (κ2) is 9.60. The van der Waals surface area contributed by atoms with Crippen molar-refractivity contribution in [1.29, 1.82) is 5.26 Å². The van der Waals surface area contributed by atoms with Crippen molar-refractivity contribution in [2.24, 2.45) is 22.4 Å². The molecule has 34 heavy (non-hydrogen) atoms. The summed E-state index contributed by atoms with van der Waals surface area (Å²) in [6.45, 7) is 3.52. The van der Waals surface area contributed by atoms with E-state index in [0.29, 0.717) is 27.1 Å². The number of aromatic nitrogens is 3. The van der Waals surface area contributed by atoms with Gasteiger partial charge in [-0.1, -0.05) is 35.6 Å². The number of nitriles is 1. The van der Waals surface area contributed by atoms with Gasteiger partial charge in [0.1, 0.15) is 11.9 Å². The van der Waals surface area contributed by atoms with Gasteiger partial charge >= 0.3 is 0 Å². The van der Waals surface area contributed by atoms with E-state index in [1.54, 1.807) is 31.6 Å². The molecular formula is C23H19FN8OS. The number of hydrogen-bond acceptors (Lipinski definition) is 8. The lowest BCUT2D eigenvalue weighted by Crippen LogP contribution is -2.19. The van der Waals surface area contributed by atoms with Gasteiger partial charge in [-0.05, 0) is 44.2 Å². The number of rotatable bonds is 6. The van der Waals surface area contributed by atoms with Crippen LogP contribution in [0, 0.1) is 31.0 Å². The van der Waals surface area contributed by atoms with E-state index < -0.39 is 5.82 Å². The summed E-state index contributed by atoms with van der Waals surface area (Å²) in [7, 11) is 1.78. The highest BCUT2D eigenvalue weighted by Gasteiger charge is 2.17. The summed E-state index contributed by atoms with van der Waals surface area (Å²) in [5, 5.41) is 22.7. The van der Waals surface area contributed by atoms with Crippen LogP contribution in [0.15, 0.2) is 74.7 Å². The van der Waals surface area contributed by atoms with Gasteiger partial charge in [0.25, 0.3) is 5.56 Å². The van der Waals surface area contributed by atoms with Crippen molar-refractivity contribution in [3.05, 3.63) is 87.2 Å². The Balaban J connectivity index is 1.62. The molecule has 0 spiro atoms. The molecular weight excluding hydrogens is 455 g/mol. The van der Waals surface area contributed by atoms with Gasteiger partial charge in [-0.15, -0.1) is 10.2 Å². The third kappa shape index (κ3) is 4.53. The molecule has 11 heteroatoms. The van der Waals surface area contributed by atoms with Crippen LogP contribution < -0.4 is 11.0 Å². The smallest absolute Gasteiger partial charge is 0.283 e. The summed E-state index contributed by atoms with van der Waals surface area (Å²) in [6, 6.07) is 17.0. The molecule has 0 bridgehead atoms. The zero-order valence-electron chi connectivity index (χ0n) is 18.5. The monoisotopic (exact) mass is 474 g/mol. The minimum atomic E-state index is -0.422. The number of azo groups is 1. The Labute approximate surface area is 198 Å². The van der Waals surface area contributed by atoms with E-state index in [-0.39, 0.29) is 17.0 Å². The van der Waals surface area contributed by atoms with Crippen LogP contribution in [0.5, 0.6) is 0 Å². The number of thiazole rings is 1. The number of nitrogens with zero attached hydrogens (tertiary/aromatic N) is 7. The van der Waals surface area contributed by atoms with E-state index in [1.807, 2.05) is 36.4 Å². The van der Waals surface area contributed by atoms with Gasteiger partial charge in [-0.2, -0.15) is 10.4 Å². The van der Waals surface area contributed by atoms with E-state index in [2.05, 4.69) is 25.7 Å². The average Bonchev–Trinajstić information content (AvgIpc) is 3.29. The van der Waals surface area contributed by atoms with E-state index in [9.17, 15) is 14.4 Å². The Morgan fingerprint density at radius 3 is 2.62 bits per heavy atom. The number of aryl methyl sites for hydroxylation is 1. The Kier molecular flexibility index (Phi) is 6.42. The number of anilines is 1. The van der Waals surface area contributed by atoms with Crippen molar-refractivity contribution in [1.82, 2.24) is 14.3 Å². The molecule has 0 aliphatic carbocycles. The minimum absolute atomic E-state index is 0.0149. The molecule has 0 radical (unpaired) electrons. The van der Waals surface area contributed by atoms with Crippen molar-refractivity contribution < 1.29 is 4.39 Å². The van der Waals surface area contributed by atoms with Crippen LogP contribution in [0.1, 0.15) is 16.4 Å². The maximum absolute atomic E-state index is 13.3. The highest BCUT2D eigenvalue weighted by Crippen LogP contribution is 2.30. The first-order valence-electron chi connectivity index (χ1n) is 10.1. The van der Waals surface area contributed by atoms with Crippen molar-refractivity contribution in [3.8, 4) is 11.8 Å². The van der Waals surface area contributed by atoms with E-state index >= 15 is 0 Å². The Hall–Kier alpha value is -4.43. The third-order valence-electron chi connectivity index (χ3n) is 4.97. The predicted octanol–water partition coefficient (Wildman–Crippen LogP) is 5.14. The zero-order chi connectivity index (χ0) is 24.2. The Morgan fingerprint density at radius 2 is 1.91 bits per heavy atom. The molecule has 0 unspecified atom stereocenters. The summed E-state index contributed by atoms with van der Waals surface area (Å²) < 4.78 is 16.6. The van der Waals surface area contributed by atoms with Gasteiger partial charge in [-0.3, -0.25) is 14.9 Å². The fourth-order valence-electron chi connectivity index (χ4n) is 3.15. The first-order valence-corrected chi connectivity index (χ1v) is 10.9. The summed E-state index contributed by atoms with van der Waals surface area (Å²) in [5.41, 5.74) is 4.89. The number of halogens is 1.